The number of aliphatic hydroxyl groups excluding tert-OH is 1. The number of β-amino-alcohol motifs (C(OH)–C–C–N with tert-alkyl or cyclic N) is 1. The Morgan fingerprint density at radius 3 is 2.72 bits per heavy atom. The second-order valence-electron chi connectivity index (χ2n) is 8.58. The number of fused-ring (bicyclic) bond motifs is 1. The minimum Gasteiger partial charge on any atom is -0.491 e. The molecule has 156 valence electrons. The number of ether oxygens (including phenoxy) is 1. The molecule has 4 rings (SSSR count). The van der Waals surface area contributed by atoms with Crippen LogP contribution in [0.3, 0.4) is 0 Å². The average molecular weight is 395 g/mol. The predicted molar refractivity (Wildman–Crippen MR) is 117 cm³/mol. The minimum atomic E-state index is -0.482. The Bertz CT molecular complexity index is 773. The van der Waals surface area contributed by atoms with Crippen molar-refractivity contribution in [1.29, 1.82) is 0 Å². The summed E-state index contributed by atoms with van der Waals surface area (Å²) in [6, 6.07) is 17.5. The summed E-state index contributed by atoms with van der Waals surface area (Å²) in [4.78, 5) is 2.32. The molecule has 1 aliphatic heterocycles. The molecule has 0 aromatic heterocycles. The van der Waals surface area contributed by atoms with Gasteiger partial charge < -0.3 is 15.2 Å². The molecule has 1 atom stereocenters. The van der Waals surface area contributed by atoms with Crippen LogP contribution in [-0.4, -0.2) is 41.8 Å². The normalized spacial score (nSPS) is 18.9. The second-order valence-corrected chi connectivity index (χ2v) is 8.58. The largest absolute Gasteiger partial charge is 0.491 e. The van der Waals surface area contributed by atoms with Crippen molar-refractivity contribution in [3.05, 3.63) is 65.2 Å². The summed E-state index contributed by atoms with van der Waals surface area (Å²) in [7, 11) is 0. The highest BCUT2D eigenvalue weighted by Crippen LogP contribution is 2.20. The maximum absolute atomic E-state index is 10.5. The van der Waals surface area contributed by atoms with Gasteiger partial charge in [-0.1, -0.05) is 55.7 Å². The SMILES string of the molecule is OC(COc1cccc(CNC2CCCCC2)c1)CN1CCc2ccccc2C1. The van der Waals surface area contributed by atoms with Crippen molar-refractivity contribution < 1.29 is 9.84 Å². The van der Waals surface area contributed by atoms with E-state index in [1.54, 1.807) is 0 Å². The Hall–Kier alpha value is -1.88. The first kappa shape index (κ1) is 20.4. The van der Waals surface area contributed by atoms with E-state index < -0.39 is 6.10 Å². The summed E-state index contributed by atoms with van der Waals surface area (Å²) in [5.74, 6) is 0.844. The highest BCUT2D eigenvalue weighted by molar-refractivity contribution is 5.29. The van der Waals surface area contributed by atoms with Crippen molar-refractivity contribution >= 4 is 0 Å². The maximum atomic E-state index is 10.5. The van der Waals surface area contributed by atoms with Crippen LogP contribution in [0.25, 0.3) is 0 Å². The van der Waals surface area contributed by atoms with Crippen LogP contribution in [0.15, 0.2) is 48.5 Å². The molecule has 1 fully saturated rings. The first-order chi connectivity index (χ1) is 14.3. The number of aliphatic hydroxyl groups is 1. The summed E-state index contributed by atoms with van der Waals surface area (Å²) in [5.41, 5.74) is 4.06. The maximum Gasteiger partial charge on any atom is 0.119 e. The van der Waals surface area contributed by atoms with Crippen LogP contribution in [-0.2, 0) is 19.5 Å². The molecule has 0 amide bonds. The van der Waals surface area contributed by atoms with Gasteiger partial charge in [0.05, 0.1) is 0 Å². The molecule has 1 aliphatic carbocycles. The van der Waals surface area contributed by atoms with Gasteiger partial charge in [-0.25, -0.2) is 0 Å². The van der Waals surface area contributed by atoms with Crippen LogP contribution in [0.5, 0.6) is 5.75 Å². The number of hydrogen-bond acceptors (Lipinski definition) is 4. The Morgan fingerprint density at radius 2 is 1.86 bits per heavy atom. The summed E-state index contributed by atoms with van der Waals surface area (Å²) in [5, 5.41) is 14.2. The van der Waals surface area contributed by atoms with E-state index in [0.717, 1.165) is 31.8 Å². The molecule has 0 bridgehead atoms. The molecule has 2 aromatic carbocycles. The monoisotopic (exact) mass is 394 g/mol. The highest BCUT2D eigenvalue weighted by Gasteiger charge is 2.19. The van der Waals surface area contributed by atoms with E-state index in [1.807, 2.05) is 12.1 Å². The molecule has 0 saturated heterocycles. The lowest BCUT2D eigenvalue weighted by molar-refractivity contribution is 0.0637. The summed E-state index contributed by atoms with van der Waals surface area (Å²) in [6.45, 7) is 3.78. The van der Waals surface area contributed by atoms with Gasteiger partial charge >= 0.3 is 0 Å². The fourth-order valence-corrected chi connectivity index (χ4v) is 4.57. The number of hydrogen-bond donors (Lipinski definition) is 2. The molecule has 2 N–H and O–H groups in total. The minimum absolute atomic E-state index is 0.331. The summed E-state index contributed by atoms with van der Waals surface area (Å²) >= 11 is 0. The zero-order chi connectivity index (χ0) is 19.9. The van der Waals surface area contributed by atoms with Crippen molar-refractivity contribution in [3.8, 4) is 5.75 Å². The van der Waals surface area contributed by atoms with Crippen molar-refractivity contribution in [2.24, 2.45) is 0 Å². The average Bonchev–Trinajstić information content (AvgIpc) is 2.77. The van der Waals surface area contributed by atoms with Gasteiger partial charge in [-0.2, -0.15) is 0 Å². The lowest BCUT2D eigenvalue weighted by atomic mass is 9.95. The van der Waals surface area contributed by atoms with Crippen LogP contribution in [0.4, 0.5) is 0 Å². The molecule has 0 spiro atoms. The third kappa shape index (κ3) is 6.05. The van der Waals surface area contributed by atoms with Gasteiger partial charge in [0.15, 0.2) is 0 Å². The van der Waals surface area contributed by atoms with Gasteiger partial charge in [0.25, 0.3) is 0 Å². The Morgan fingerprint density at radius 1 is 1.03 bits per heavy atom. The topological polar surface area (TPSA) is 44.7 Å². The van der Waals surface area contributed by atoms with E-state index in [1.165, 1.54) is 48.8 Å². The molecule has 1 heterocycles. The third-order valence-electron chi connectivity index (χ3n) is 6.22. The van der Waals surface area contributed by atoms with E-state index in [4.69, 9.17) is 4.74 Å². The first-order valence-electron chi connectivity index (χ1n) is 11.2. The van der Waals surface area contributed by atoms with Crippen LogP contribution in [0.2, 0.25) is 0 Å². The van der Waals surface area contributed by atoms with Gasteiger partial charge in [-0.3, -0.25) is 4.90 Å². The van der Waals surface area contributed by atoms with E-state index in [9.17, 15) is 5.11 Å². The van der Waals surface area contributed by atoms with E-state index in [0.29, 0.717) is 19.2 Å². The number of nitrogens with one attached hydrogen (secondary N) is 1. The smallest absolute Gasteiger partial charge is 0.119 e. The molecule has 29 heavy (non-hydrogen) atoms. The molecular weight excluding hydrogens is 360 g/mol. The number of rotatable bonds is 8. The van der Waals surface area contributed by atoms with Crippen LogP contribution >= 0.6 is 0 Å². The molecular formula is C25H34N2O2. The van der Waals surface area contributed by atoms with Gasteiger partial charge in [-0.05, 0) is 48.1 Å². The quantitative estimate of drug-likeness (QED) is 0.713. The van der Waals surface area contributed by atoms with Crippen molar-refractivity contribution in [1.82, 2.24) is 10.2 Å². The fraction of sp³-hybridized carbons (Fsp3) is 0.520. The van der Waals surface area contributed by atoms with Crippen molar-refractivity contribution in [3.63, 3.8) is 0 Å². The summed E-state index contributed by atoms with van der Waals surface area (Å²) in [6.07, 6.45) is 7.24. The van der Waals surface area contributed by atoms with Gasteiger partial charge in [0, 0.05) is 32.2 Å². The van der Waals surface area contributed by atoms with Crippen LogP contribution in [0, 0.1) is 0 Å². The molecule has 2 aromatic rings. The zero-order valence-electron chi connectivity index (χ0n) is 17.4. The summed E-state index contributed by atoms with van der Waals surface area (Å²) < 4.78 is 5.91. The standard InChI is InChI=1S/C25H34N2O2/c28-24(18-27-14-13-21-8-4-5-9-22(21)17-27)19-29-25-12-6-7-20(15-25)16-26-23-10-2-1-3-11-23/h4-9,12,15,23-24,26,28H,1-3,10-11,13-14,16-19H2. The Kier molecular flexibility index (Phi) is 7.20. The third-order valence-corrected chi connectivity index (χ3v) is 6.22. The Balaban J connectivity index is 1.21. The van der Waals surface area contributed by atoms with E-state index in [2.05, 4.69) is 46.6 Å². The molecule has 0 radical (unpaired) electrons. The molecule has 2 aliphatic rings. The zero-order valence-corrected chi connectivity index (χ0v) is 17.4. The van der Waals surface area contributed by atoms with Gasteiger partial charge in [0.2, 0.25) is 0 Å². The number of nitrogens with zero attached hydrogens (tertiary/aromatic N) is 1. The number of benzene rings is 2. The fourth-order valence-electron chi connectivity index (χ4n) is 4.57. The van der Waals surface area contributed by atoms with Gasteiger partial charge in [-0.15, -0.1) is 0 Å². The van der Waals surface area contributed by atoms with E-state index in [-0.39, 0.29) is 0 Å². The van der Waals surface area contributed by atoms with Gasteiger partial charge in [0.1, 0.15) is 18.5 Å². The predicted octanol–water partition coefficient (Wildman–Crippen LogP) is 3.91. The first-order valence-corrected chi connectivity index (χ1v) is 11.2. The highest BCUT2D eigenvalue weighted by atomic mass is 16.5. The molecule has 4 heteroatoms. The Labute approximate surface area is 174 Å². The second kappa shape index (κ2) is 10.2. The van der Waals surface area contributed by atoms with Crippen molar-refractivity contribution in [2.75, 3.05) is 19.7 Å². The molecule has 1 saturated carbocycles. The lowest BCUT2D eigenvalue weighted by Gasteiger charge is -2.30. The lowest BCUT2D eigenvalue weighted by Crippen LogP contribution is -2.38. The molecule has 1 unspecified atom stereocenters. The molecule has 4 nitrogen and oxygen atoms in total. The van der Waals surface area contributed by atoms with Crippen molar-refractivity contribution in [2.45, 2.75) is 63.8 Å². The van der Waals surface area contributed by atoms with E-state index >= 15 is 0 Å². The van der Waals surface area contributed by atoms with Crippen LogP contribution < -0.4 is 10.1 Å². The van der Waals surface area contributed by atoms with Crippen LogP contribution in [0.1, 0.15) is 48.8 Å².